The molecular formula is C20H28N6O4. The van der Waals surface area contributed by atoms with E-state index in [-0.39, 0.29) is 24.7 Å². The number of benzene rings is 1. The molecule has 1 saturated carbocycles. The van der Waals surface area contributed by atoms with Crippen LogP contribution < -0.4 is 10.6 Å². The molecule has 1 aliphatic rings. The van der Waals surface area contributed by atoms with Crippen LogP contribution in [0.3, 0.4) is 0 Å². The van der Waals surface area contributed by atoms with Gasteiger partial charge in [-0.05, 0) is 56.0 Å². The zero-order chi connectivity index (χ0) is 21.6. The average molecular weight is 416 g/mol. The van der Waals surface area contributed by atoms with Crippen molar-refractivity contribution < 1.29 is 19.1 Å². The first-order valence-corrected chi connectivity index (χ1v) is 9.99. The Kier molecular flexibility index (Phi) is 6.86. The maximum atomic E-state index is 12.3. The van der Waals surface area contributed by atoms with E-state index >= 15 is 0 Å². The molecule has 162 valence electrons. The summed E-state index contributed by atoms with van der Waals surface area (Å²) in [7, 11) is 0. The molecule has 2 aromatic rings. The number of rotatable bonds is 5. The normalized spacial score (nSPS) is 21.5. The van der Waals surface area contributed by atoms with Gasteiger partial charge in [0, 0.05) is 0 Å². The molecule has 0 bridgehead atoms. The number of nitrogens with one attached hydrogen (secondary N) is 2. The van der Waals surface area contributed by atoms with Crippen molar-refractivity contribution in [2.24, 2.45) is 0 Å². The van der Waals surface area contributed by atoms with Crippen LogP contribution in [-0.2, 0) is 16.1 Å². The van der Waals surface area contributed by atoms with E-state index in [0.29, 0.717) is 12.8 Å². The Balaban J connectivity index is 1.61. The highest BCUT2D eigenvalue weighted by molar-refractivity contribution is 5.69. The molecule has 3 atom stereocenters. The number of nitrogens with zero attached hydrogens (tertiary/aromatic N) is 4. The lowest BCUT2D eigenvalue weighted by molar-refractivity contribution is 0.0462. The zero-order valence-electron chi connectivity index (χ0n) is 17.4. The highest BCUT2D eigenvalue weighted by atomic mass is 16.6. The molecule has 1 heterocycles. The van der Waals surface area contributed by atoms with Crippen LogP contribution in [0.15, 0.2) is 36.7 Å². The number of ether oxygens (including phenoxy) is 2. The predicted molar refractivity (Wildman–Crippen MR) is 107 cm³/mol. The van der Waals surface area contributed by atoms with Crippen LogP contribution in [0.4, 0.5) is 9.59 Å². The molecule has 0 unspecified atom stereocenters. The third-order valence-electron chi connectivity index (χ3n) is 4.78. The fraction of sp³-hybridized carbons (Fsp3) is 0.550. The second-order valence-corrected chi connectivity index (χ2v) is 8.32. The summed E-state index contributed by atoms with van der Waals surface area (Å²) in [6, 6.07) is 8.81. The van der Waals surface area contributed by atoms with E-state index < -0.39 is 17.8 Å². The van der Waals surface area contributed by atoms with Crippen LogP contribution in [0.2, 0.25) is 0 Å². The fourth-order valence-corrected chi connectivity index (χ4v) is 3.43. The summed E-state index contributed by atoms with van der Waals surface area (Å²) >= 11 is 0. The van der Waals surface area contributed by atoms with Crippen molar-refractivity contribution in [3.05, 3.63) is 42.2 Å². The van der Waals surface area contributed by atoms with Gasteiger partial charge in [0.05, 0.1) is 18.1 Å². The lowest BCUT2D eigenvalue weighted by Crippen LogP contribution is -2.55. The minimum atomic E-state index is -0.620. The number of amides is 2. The minimum absolute atomic E-state index is 0.0123. The standard InChI is InChI=1S/C20H28N6O4/c1-20(2,3)30-19(28)23-17-11-15(26-13-21-24-25-26)9-10-16(17)22-18(27)29-12-14-7-5-4-6-8-14/h4-8,13,15-17H,9-12H2,1-3H3,(H,22,27)(H,23,28)/t15-,16-,17+/m0/s1. The van der Waals surface area contributed by atoms with Crippen LogP contribution in [0.5, 0.6) is 0 Å². The maximum absolute atomic E-state index is 12.3. The van der Waals surface area contributed by atoms with Gasteiger partial charge in [-0.3, -0.25) is 0 Å². The van der Waals surface area contributed by atoms with Gasteiger partial charge < -0.3 is 20.1 Å². The molecule has 1 fully saturated rings. The summed E-state index contributed by atoms with van der Waals surface area (Å²) < 4.78 is 12.4. The van der Waals surface area contributed by atoms with Crippen LogP contribution in [0, 0.1) is 0 Å². The first-order chi connectivity index (χ1) is 14.3. The molecule has 2 amide bonds. The Morgan fingerprint density at radius 3 is 2.50 bits per heavy atom. The van der Waals surface area contributed by atoms with E-state index in [2.05, 4.69) is 26.2 Å². The van der Waals surface area contributed by atoms with Crippen molar-refractivity contribution in [2.45, 2.75) is 70.4 Å². The van der Waals surface area contributed by atoms with Gasteiger partial charge in [-0.25, -0.2) is 14.3 Å². The topological polar surface area (TPSA) is 120 Å². The number of alkyl carbamates (subject to hydrolysis) is 2. The highest BCUT2D eigenvalue weighted by Gasteiger charge is 2.35. The van der Waals surface area contributed by atoms with Crippen LogP contribution >= 0.6 is 0 Å². The summed E-state index contributed by atoms with van der Waals surface area (Å²) in [5, 5.41) is 17.1. The maximum Gasteiger partial charge on any atom is 0.407 e. The molecule has 10 nitrogen and oxygen atoms in total. The monoisotopic (exact) mass is 416 g/mol. The van der Waals surface area contributed by atoms with Crippen molar-refractivity contribution in [3.63, 3.8) is 0 Å². The first-order valence-electron chi connectivity index (χ1n) is 9.99. The first kappa shape index (κ1) is 21.5. The smallest absolute Gasteiger partial charge is 0.407 e. The molecule has 3 rings (SSSR count). The molecule has 2 N–H and O–H groups in total. The molecule has 1 aliphatic carbocycles. The van der Waals surface area contributed by atoms with Crippen LogP contribution in [-0.4, -0.2) is 50.1 Å². The van der Waals surface area contributed by atoms with Crippen molar-refractivity contribution in [3.8, 4) is 0 Å². The van der Waals surface area contributed by atoms with Crippen molar-refractivity contribution in [1.82, 2.24) is 30.8 Å². The quantitative estimate of drug-likeness (QED) is 0.768. The molecule has 0 aliphatic heterocycles. The second-order valence-electron chi connectivity index (χ2n) is 8.32. The number of carbonyl (C=O) groups excluding carboxylic acids is 2. The van der Waals surface area contributed by atoms with Gasteiger partial charge in [0.2, 0.25) is 0 Å². The van der Waals surface area contributed by atoms with E-state index in [0.717, 1.165) is 12.0 Å². The van der Waals surface area contributed by atoms with E-state index in [1.807, 2.05) is 30.3 Å². The van der Waals surface area contributed by atoms with E-state index in [4.69, 9.17) is 9.47 Å². The number of hydrogen-bond donors (Lipinski definition) is 2. The molecule has 1 aromatic carbocycles. The molecule has 0 spiro atoms. The van der Waals surface area contributed by atoms with Gasteiger partial charge in [0.1, 0.15) is 18.5 Å². The van der Waals surface area contributed by atoms with Gasteiger partial charge in [-0.15, -0.1) is 5.10 Å². The minimum Gasteiger partial charge on any atom is -0.445 e. The zero-order valence-corrected chi connectivity index (χ0v) is 17.4. The van der Waals surface area contributed by atoms with Gasteiger partial charge >= 0.3 is 12.2 Å². The lowest BCUT2D eigenvalue weighted by Gasteiger charge is -2.36. The molecular weight excluding hydrogens is 388 g/mol. The largest absolute Gasteiger partial charge is 0.445 e. The van der Waals surface area contributed by atoms with E-state index in [1.54, 1.807) is 31.8 Å². The number of carbonyl (C=O) groups is 2. The van der Waals surface area contributed by atoms with Gasteiger partial charge in [0.25, 0.3) is 0 Å². The van der Waals surface area contributed by atoms with Gasteiger partial charge in [-0.2, -0.15) is 0 Å². The predicted octanol–water partition coefficient (Wildman–Crippen LogP) is 2.59. The Morgan fingerprint density at radius 1 is 1.10 bits per heavy atom. The summed E-state index contributed by atoms with van der Waals surface area (Å²) in [6.45, 7) is 5.58. The van der Waals surface area contributed by atoms with E-state index in [9.17, 15) is 9.59 Å². The third-order valence-corrected chi connectivity index (χ3v) is 4.78. The summed E-state index contributed by atoms with van der Waals surface area (Å²) in [4.78, 5) is 24.7. The van der Waals surface area contributed by atoms with Crippen LogP contribution in [0.1, 0.15) is 51.6 Å². The molecule has 0 radical (unpaired) electrons. The Labute approximate surface area is 175 Å². The summed E-state index contributed by atoms with van der Waals surface area (Å²) in [5.41, 5.74) is 0.282. The van der Waals surface area contributed by atoms with Gasteiger partial charge in [0.15, 0.2) is 0 Å². The highest BCUT2D eigenvalue weighted by Crippen LogP contribution is 2.28. The summed E-state index contributed by atoms with van der Waals surface area (Å²) in [5.74, 6) is 0. The van der Waals surface area contributed by atoms with Gasteiger partial charge in [-0.1, -0.05) is 30.3 Å². The van der Waals surface area contributed by atoms with Crippen molar-refractivity contribution in [1.29, 1.82) is 0 Å². The van der Waals surface area contributed by atoms with Crippen LogP contribution in [0.25, 0.3) is 0 Å². The summed E-state index contributed by atoms with van der Waals surface area (Å²) in [6.07, 6.45) is 2.42. The Hall–Kier alpha value is -3.17. The lowest BCUT2D eigenvalue weighted by atomic mass is 9.87. The molecule has 1 aromatic heterocycles. The van der Waals surface area contributed by atoms with Crippen molar-refractivity contribution in [2.75, 3.05) is 0 Å². The fourth-order valence-electron chi connectivity index (χ4n) is 3.43. The Bertz CT molecular complexity index is 822. The average Bonchev–Trinajstić information content (AvgIpc) is 3.22. The third kappa shape index (κ3) is 6.43. The SMILES string of the molecule is CC(C)(C)OC(=O)N[C@@H]1C[C@@H](n2cnnn2)CC[C@@H]1NC(=O)OCc1ccccc1. The number of tetrazole rings is 1. The number of aromatic nitrogens is 4. The second kappa shape index (κ2) is 9.55. The Morgan fingerprint density at radius 2 is 1.83 bits per heavy atom. The molecule has 30 heavy (non-hydrogen) atoms. The number of hydrogen-bond acceptors (Lipinski definition) is 7. The molecule has 0 saturated heterocycles. The van der Waals surface area contributed by atoms with Crippen molar-refractivity contribution >= 4 is 12.2 Å². The van der Waals surface area contributed by atoms with E-state index in [1.165, 1.54) is 0 Å². The molecule has 10 heteroatoms.